The van der Waals surface area contributed by atoms with Crippen LogP contribution < -0.4 is 10.9 Å². The molecule has 1 amide bonds. The number of carbonyl (C=O) groups is 2. The predicted octanol–water partition coefficient (Wildman–Crippen LogP) is 3.43. The van der Waals surface area contributed by atoms with Crippen molar-refractivity contribution in [3.63, 3.8) is 0 Å². The van der Waals surface area contributed by atoms with Crippen LogP contribution in [0.2, 0.25) is 0 Å². The van der Waals surface area contributed by atoms with Crippen molar-refractivity contribution in [1.29, 1.82) is 0 Å². The number of carbonyl (C=O) groups excluding carboxylic acids is 2. The van der Waals surface area contributed by atoms with Crippen LogP contribution in [0.15, 0.2) is 29.1 Å². The van der Waals surface area contributed by atoms with Crippen molar-refractivity contribution < 1.29 is 14.3 Å². The third-order valence-electron chi connectivity index (χ3n) is 6.02. The molecule has 32 heavy (non-hydrogen) atoms. The average molecular weight is 455 g/mol. The van der Waals surface area contributed by atoms with Crippen LogP contribution in [0.4, 0.5) is 5.69 Å². The Morgan fingerprint density at radius 1 is 1.31 bits per heavy atom. The zero-order valence-electron chi connectivity index (χ0n) is 18.6. The van der Waals surface area contributed by atoms with E-state index in [1.165, 1.54) is 29.4 Å². The molecule has 2 aromatic heterocycles. The first-order valence-electron chi connectivity index (χ1n) is 10.5. The Labute approximate surface area is 189 Å². The molecule has 1 aromatic carbocycles. The summed E-state index contributed by atoms with van der Waals surface area (Å²) in [5, 5.41) is 11.5. The van der Waals surface area contributed by atoms with Crippen molar-refractivity contribution in [3.8, 4) is 0 Å². The molecule has 3 aromatic rings. The number of hydrogen-bond acceptors (Lipinski definition) is 7. The number of esters is 1. The number of nitrogens with one attached hydrogen (secondary N) is 1. The van der Waals surface area contributed by atoms with Gasteiger partial charge in [0.05, 0.1) is 18.1 Å². The molecule has 1 N–H and O–H groups in total. The van der Waals surface area contributed by atoms with Crippen LogP contribution in [0.25, 0.3) is 10.2 Å². The molecule has 0 saturated heterocycles. The molecule has 0 fully saturated rings. The fraction of sp³-hybridized carbons (Fsp3) is 0.435. The number of thiophene rings is 1. The van der Waals surface area contributed by atoms with Gasteiger partial charge in [-0.1, -0.05) is 32.1 Å². The number of anilines is 1. The largest absolute Gasteiger partial charge is 0.465 e. The Bertz CT molecular complexity index is 1260. The van der Waals surface area contributed by atoms with E-state index in [0.29, 0.717) is 27.4 Å². The minimum absolute atomic E-state index is 0.211. The summed E-state index contributed by atoms with van der Waals surface area (Å²) >= 11 is 1.54. The molecule has 0 radical (unpaired) electrons. The summed E-state index contributed by atoms with van der Waals surface area (Å²) in [7, 11) is 1.29. The topological polar surface area (TPSA) is 103 Å². The second-order valence-corrected chi connectivity index (χ2v) is 10.2. The summed E-state index contributed by atoms with van der Waals surface area (Å²) in [6, 6.07) is 6.41. The zero-order chi connectivity index (χ0) is 23.0. The Kier molecular flexibility index (Phi) is 5.85. The molecule has 4 rings (SSSR count). The number of rotatable bonds is 4. The number of benzene rings is 1. The predicted molar refractivity (Wildman–Crippen MR) is 123 cm³/mol. The van der Waals surface area contributed by atoms with Gasteiger partial charge in [-0.25, -0.2) is 9.48 Å². The molecule has 0 bridgehead atoms. The van der Waals surface area contributed by atoms with E-state index in [0.717, 1.165) is 29.5 Å². The van der Waals surface area contributed by atoms with Crippen LogP contribution >= 0.6 is 11.3 Å². The van der Waals surface area contributed by atoms with Gasteiger partial charge >= 0.3 is 5.97 Å². The standard InChI is InChI=1S/C23H26N4O4S/c1-23(2,3)14-8-9-16-17(11-14)32-20-19(16)21(29)27(26-25-20)12-18(28)24-15-7-5-6-13(10-15)22(30)31-4/h5-7,10,14H,8-9,11-12H2,1-4H3,(H,24,28)/t14-/m1/s1. The Morgan fingerprint density at radius 2 is 2.09 bits per heavy atom. The fourth-order valence-corrected chi connectivity index (χ4v) is 5.38. The van der Waals surface area contributed by atoms with Gasteiger partial charge in [0.2, 0.25) is 5.91 Å². The van der Waals surface area contributed by atoms with Crippen LogP contribution in [-0.4, -0.2) is 34.0 Å². The summed E-state index contributed by atoms with van der Waals surface area (Å²) < 4.78 is 5.80. The van der Waals surface area contributed by atoms with E-state index in [1.807, 2.05) is 0 Å². The maximum Gasteiger partial charge on any atom is 0.337 e. The molecule has 1 aliphatic carbocycles. The maximum atomic E-state index is 13.1. The lowest BCUT2D eigenvalue weighted by Gasteiger charge is -2.33. The minimum Gasteiger partial charge on any atom is -0.465 e. The molecule has 168 valence electrons. The Hall–Kier alpha value is -3.07. The van der Waals surface area contributed by atoms with E-state index in [-0.39, 0.29) is 17.5 Å². The third kappa shape index (κ3) is 4.29. The first-order chi connectivity index (χ1) is 15.2. The second-order valence-electron chi connectivity index (χ2n) is 9.16. The molecular formula is C23H26N4O4S. The van der Waals surface area contributed by atoms with E-state index in [4.69, 9.17) is 4.74 Å². The highest BCUT2D eigenvalue weighted by Gasteiger charge is 2.32. The molecule has 0 saturated carbocycles. The van der Waals surface area contributed by atoms with Gasteiger partial charge in [0.1, 0.15) is 6.54 Å². The summed E-state index contributed by atoms with van der Waals surface area (Å²) in [5.41, 5.74) is 1.73. The summed E-state index contributed by atoms with van der Waals surface area (Å²) in [6.07, 6.45) is 2.81. The van der Waals surface area contributed by atoms with E-state index in [9.17, 15) is 14.4 Å². The van der Waals surface area contributed by atoms with Crippen molar-refractivity contribution in [1.82, 2.24) is 15.0 Å². The number of nitrogens with zero attached hydrogens (tertiary/aromatic N) is 3. The number of methoxy groups -OCH3 is 1. The molecule has 0 unspecified atom stereocenters. The summed E-state index contributed by atoms with van der Waals surface area (Å²) in [5.74, 6) is -0.367. The van der Waals surface area contributed by atoms with Gasteiger partial charge in [-0.05, 0) is 54.4 Å². The first-order valence-corrected chi connectivity index (χ1v) is 11.4. The summed E-state index contributed by atoms with van der Waals surface area (Å²) in [4.78, 5) is 39.2. The van der Waals surface area contributed by atoms with Gasteiger partial charge in [-0.2, -0.15) is 0 Å². The minimum atomic E-state index is -0.496. The third-order valence-corrected chi connectivity index (χ3v) is 7.16. The van der Waals surface area contributed by atoms with Crippen molar-refractivity contribution in [2.45, 2.75) is 46.6 Å². The maximum absolute atomic E-state index is 13.1. The molecule has 1 atom stereocenters. The van der Waals surface area contributed by atoms with Crippen LogP contribution in [0.1, 0.15) is 48.0 Å². The van der Waals surface area contributed by atoms with Crippen molar-refractivity contribution in [3.05, 3.63) is 50.6 Å². The molecule has 2 heterocycles. The number of hydrogen-bond donors (Lipinski definition) is 1. The number of amides is 1. The lowest BCUT2D eigenvalue weighted by molar-refractivity contribution is -0.117. The monoisotopic (exact) mass is 454 g/mol. The lowest BCUT2D eigenvalue weighted by atomic mass is 9.72. The smallest absolute Gasteiger partial charge is 0.337 e. The van der Waals surface area contributed by atoms with Gasteiger partial charge in [0.25, 0.3) is 5.56 Å². The molecule has 0 spiro atoms. The SMILES string of the molecule is COC(=O)c1cccc(NC(=O)Cn2nnc3sc4c(c3c2=O)CC[C@@H](C(C)(C)C)C4)c1. The normalized spacial score (nSPS) is 15.9. The Morgan fingerprint density at radius 3 is 2.81 bits per heavy atom. The second kappa shape index (κ2) is 8.46. The van der Waals surface area contributed by atoms with Gasteiger partial charge in [-0.15, -0.1) is 16.4 Å². The van der Waals surface area contributed by atoms with E-state index in [2.05, 4.69) is 36.4 Å². The van der Waals surface area contributed by atoms with Gasteiger partial charge < -0.3 is 10.1 Å². The van der Waals surface area contributed by atoms with Crippen LogP contribution in [0, 0.1) is 11.3 Å². The number of aryl methyl sites for hydroxylation is 1. The highest BCUT2D eigenvalue weighted by Crippen LogP contribution is 2.41. The van der Waals surface area contributed by atoms with Gasteiger partial charge in [0.15, 0.2) is 4.83 Å². The van der Waals surface area contributed by atoms with Crippen LogP contribution in [0.5, 0.6) is 0 Å². The van der Waals surface area contributed by atoms with Crippen LogP contribution in [0.3, 0.4) is 0 Å². The van der Waals surface area contributed by atoms with Crippen molar-refractivity contribution >= 4 is 39.1 Å². The van der Waals surface area contributed by atoms with Crippen LogP contribution in [-0.2, 0) is 28.9 Å². The highest BCUT2D eigenvalue weighted by molar-refractivity contribution is 7.18. The van der Waals surface area contributed by atoms with E-state index >= 15 is 0 Å². The summed E-state index contributed by atoms with van der Waals surface area (Å²) in [6.45, 7) is 6.49. The number of fused-ring (bicyclic) bond motifs is 3. The number of ether oxygens (including phenoxy) is 1. The molecule has 1 aliphatic rings. The zero-order valence-corrected chi connectivity index (χ0v) is 19.4. The van der Waals surface area contributed by atoms with Gasteiger partial charge in [0, 0.05) is 10.6 Å². The molecule has 8 nitrogen and oxygen atoms in total. The Balaban J connectivity index is 1.56. The van der Waals surface area contributed by atoms with E-state index in [1.54, 1.807) is 18.2 Å². The quantitative estimate of drug-likeness (QED) is 0.606. The fourth-order valence-electron chi connectivity index (χ4n) is 4.15. The van der Waals surface area contributed by atoms with Gasteiger partial charge in [-0.3, -0.25) is 9.59 Å². The van der Waals surface area contributed by atoms with Crippen molar-refractivity contribution in [2.24, 2.45) is 11.3 Å². The number of aromatic nitrogens is 3. The first kappa shape index (κ1) is 22.1. The molecule has 0 aliphatic heterocycles. The molecular weight excluding hydrogens is 428 g/mol. The molecule has 9 heteroatoms. The lowest BCUT2D eigenvalue weighted by Crippen LogP contribution is -2.31. The highest BCUT2D eigenvalue weighted by atomic mass is 32.1. The van der Waals surface area contributed by atoms with E-state index < -0.39 is 11.9 Å². The average Bonchev–Trinajstić information content (AvgIpc) is 3.13. The van der Waals surface area contributed by atoms with Crippen molar-refractivity contribution in [2.75, 3.05) is 12.4 Å².